The summed E-state index contributed by atoms with van der Waals surface area (Å²) in [5, 5.41) is 2.52. The lowest BCUT2D eigenvalue weighted by Crippen LogP contribution is -2.31. The summed E-state index contributed by atoms with van der Waals surface area (Å²) >= 11 is 0. The molecule has 128 valence electrons. The lowest BCUT2D eigenvalue weighted by atomic mass is 10.1. The van der Waals surface area contributed by atoms with Crippen LogP contribution >= 0.6 is 0 Å². The second-order valence-electron chi connectivity index (χ2n) is 5.49. The minimum absolute atomic E-state index is 0.395. The van der Waals surface area contributed by atoms with Gasteiger partial charge in [-0.05, 0) is 36.8 Å². The van der Waals surface area contributed by atoms with Gasteiger partial charge in [0, 0.05) is 6.92 Å². The van der Waals surface area contributed by atoms with Crippen LogP contribution in [0.1, 0.15) is 24.1 Å². The lowest BCUT2D eigenvalue weighted by Gasteiger charge is -2.17. The Balaban J connectivity index is 2.25. The molecule has 2 aromatic carbocycles. The van der Waals surface area contributed by atoms with E-state index in [2.05, 4.69) is 5.32 Å². The molecule has 24 heavy (non-hydrogen) atoms. The van der Waals surface area contributed by atoms with Crippen molar-refractivity contribution in [3.63, 3.8) is 0 Å². The summed E-state index contributed by atoms with van der Waals surface area (Å²) in [6.07, 6.45) is 0. The number of aryl methyl sites for hydroxylation is 1. The highest BCUT2D eigenvalue weighted by molar-refractivity contribution is 7.85. The maximum Gasteiger partial charge on any atom is 0.267 e. The summed E-state index contributed by atoms with van der Waals surface area (Å²) in [6.45, 7) is 3.25. The third-order valence-electron chi connectivity index (χ3n) is 3.27. The third-order valence-corrected chi connectivity index (χ3v) is 4.03. The molecular weight excluding hydrogens is 330 g/mol. The van der Waals surface area contributed by atoms with Crippen molar-refractivity contribution in [2.45, 2.75) is 19.9 Å². The minimum atomic E-state index is -4.25. The Labute approximate surface area is 141 Å². The number of nitrogens with one attached hydrogen (secondary N) is 1. The second kappa shape index (κ2) is 7.46. The van der Waals surface area contributed by atoms with Gasteiger partial charge in [0.05, 0.1) is 11.8 Å². The first kappa shape index (κ1) is 18.0. The van der Waals surface area contributed by atoms with Crippen molar-refractivity contribution in [1.29, 1.82) is 0 Å². The maximum atomic E-state index is 11.3. The third kappa shape index (κ3) is 5.68. The fourth-order valence-corrected chi connectivity index (χ4v) is 2.91. The Bertz CT molecular complexity index is 815. The van der Waals surface area contributed by atoms with Crippen LogP contribution < -0.4 is 10.1 Å². The summed E-state index contributed by atoms with van der Waals surface area (Å²) in [4.78, 5) is 11.3. The van der Waals surface area contributed by atoms with Gasteiger partial charge in [-0.15, -0.1) is 0 Å². The van der Waals surface area contributed by atoms with E-state index in [4.69, 9.17) is 9.29 Å². The summed E-state index contributed by atoms with van der Waals surface area (Å²) < 4.78 is 37.2. The largest absolute Gasteiger partial charge is 0.457 e. The monoisotopic (exact) mass is 349 g/mol. The molecule has 0 heterocycles. The number of carbonyl (C=O) groups excluding carboxylic acids is 1. The molecule has 2 rings (SSSR count). The minimum Gasteiger partial charge on any atom is -0.457 e. The van der Waals surface area contributed by atoms with Crippen molar-refractivity contribution in [2.75, 3.05) is 5.75 Å². The van der Waals surface area contributed by atoms with E-state index in [9.17, 15) is 13.2 Å². The molecule has 1 atom stereocenters. The molecule has 7 heteroatoms. The Morgan fingerprint density at radius 3 is 2.42 bits per heavy atom. The van der Waals surface area contributed by atoms with Crippen molar-refractivity contribution < 1.29 is 22.5 Å². The zero-order chi connectivity index (χ0) is 17.7. The maximum absolute atomic E-state index is 11.3. The van der Waals surface area contributed by atoms with Crippen molar-refractivity contribution in [3.8, 4) is 11.5 Å². The van der Waals surface area contributed by atoms with Gasteiger partial charge in [-0.25, -0.2) is 0 Å². The number of benzene rings is 2. The average molecular weight is 349 g/mol. The van der Waals surface area contributed by atoms with Gasteiger partial charge in [0.1, 0.15) is 11.5 Å². The highest BCUT2D eigenvalue weighted by atomic mass is 32.2. The van der Waals surface area contributed by atoms with Crippen LogP contribution in [-0.4, -0.2) is 24.6 Å². The number of hydrogen-bond donors (Lipinski definition) is 2. The Hall–Kier alpha value is -2.38. The Kier molecular flexibility index (Phi) is 5.58. The smallest absolute Gasteiger partial charge is 0.267 e. The summed E-state index contributed by atoms with van der Waals surface area (Å²) in [7, 11) is -4.25. The summed E-state index contributed by atoms with van der Waals surface area (Å²) in [5.41, 5.74) is 1.63. The normalized spacial score (nSPS) is 12.5. The van der Waals surface area contributed by atoms with E-state index in [1.807, 2.05) is 31.2 Å². The highest BCUT2D eigenvalue weighted by Crippen LogP contribution is 2.25. The number of amides is 1. The Morgan fingerprint density at radius 2 is 1.83 bits per heavy atom. The van der Waals surface area contributed by atoms with E-state index < -0.39 is 27.8 Å². The molecule has 2 aromatic rings. The lowest BCUT2D eigenvalue weighted by molar-refractivity contribution is -0.119. The van der Waals surface area contributed by atoms with Gasteiger partial charge in [-0.3, -0.25) is 9.35 Å². The number of carbonyl (C=O) groups is 1. The Morgan fingerprint density at radius 1 is 1.17 bits per heavy atom. The second-order valence-corrected chi connectivity index (χ2v) is 6.99. The molecule has 1 amide bonds. The van der Waals surface area contributed by atoms with Crippen LogP contribution in [0.15, 0.2) is 48.5 Å². The van der Waals surface area contributed by atoms with Gasteiger partial charge >= 0.3 is 0 Å². The van der Waals surface area contributed by atoms with E-state index in [0.29, 0.717) is 17.1 Å². The molecule has 0 fully saturated rings. The molecule has 0 radical (unpaired) electrons. The van der Waals surface area contributed by atoms with E-state index in [1.54, 1.807) is 24.3 Å². The molecule has 0 aliphatic heterocycles. The van der Waals surface area contributed by atoms with Crippen molar-refractivity contribution in [3.05, 3.63) is 59.7 Å². The number of hydrogen-bond acceptors (Lipinski definition) is 4. The van der Waals surface area contributed by atoms with Gasteiger partial charge < -0.3 is 10.1 Å². The van der Waals surface area contributed by atoms with Crippen LogP contribution in [0.25, 0.3) is 0 Å². The molecule has 6 nitrogen and oxygen atoms in total. The molecule has 1 unspecified atom stereocenters. The van der Waals surface area contributed by atoms with E-state index in [0.717, 1.165) is 5.56 Å². The van der Waals surface area contributed by atoms with Crippen LogP contribution in [0, 0.1) is 6.92 Å². The van der Waals surface area contributed by atoms with Gasteiger partial charge in [0.2, 0.25) is 5.91 Å². The predicted octanol–water partition coefficient (Wildman–Crippen LogP) is 2.85. The molecule has 0 saturated heterocycles. The molecule has 2 N–H and O–H groups in total. The van der Waals surface area contributed by atoms with Crippen molar-refractivity contribution in [2.24, 2.45) is 0 Å². The molecular formula is C17H19NO5S. The van der Waals surface area contributed by atoms with Crippen LogP contribution in [0.4, 0.5) is 0 Å². The first-order valence-corrected chi connectivity index (χ1v) is 8.90. The van der Waals surface area contributed by atoms with E-state index in [-0.39, 0.29) is 0 Å². The topological polar surface area (TPSA) is 92.7 Å². The highest BCUT2D eigenvalue weighted by Gasteiger charge is 2.20. The standard InChI is InChI=1S/C17H19NO5S/c1-12-6-8-15(9-7-12)23-16-5-3-4-14(10-16)17(18-13(2)19)11-24(20,21)22/h3-10,17H,11H2,1-2H3,(H,18,19)(H,20,21,22). The van der Waals surface area contributed by atoms with Gasteiger partial charge in [-0.1, -0.05) is 29.8 Å². The molecule has 0 aliphatic rings. The fraction of sp³-hybridized carbons (Fsp3) is 0.235. The zero-order valence-electron chi connectivity index (χ0n) is 13.4. The van der Waals surface area contributed by atoms with Crippen LogP contribution in [0.5, 0.6) is 11.5 Å². The SMILES string of the molecule is CC(=O)NC(CS(=O)(=O)O)c1cccc(Oc2ccc(C)cc2)c1. The summed E-state index contributed by atoms with van der Waals surface area (Å²) in [5.74, 6) is 0.139. The van der Waals surface area contributed by atoms with Crippen molar-refractivity contribution >= 4 is 16.0 Å². The summed E-state index contributed by atoms with van der Waals surface area (Å²) in [6, 6.07) is 13.3. The van der Waals surface area contributed by atoms with Crippen LogP contribution in [0.3, 0.4) is 0 Å². The van der Waals surface area contributed by atoms with E-state index in [1.165, 1.54) is 6.92 Å². The van der Waals surface area contributed by atoms with Gasteiger partial charge in [0.15, 0.2) is 0 Å². The molecule has 0 aliphatic carbocycles. The first-order valence-electron chi connectivity index (χ1n) is 7.30. The van der Waals surface area contributed by atoms with Crippen LogP contribution in [-0.2, 0) is 14.9 Å². The molecule has 0 bridgehead atoms. The van der Waals surface area contributed by atoms with Crippen molar-refractivity contribution in [1.82, 2.24) is 5.32 Å². The number of ether oxygens (including phenoxy) is 1. The molecule has 0 spiro atoms. The average Bonchev–Trinajstić information content (AvgIpc) is 2.47. The van der Waals surface area contributed by atoms with Gasteiger partial charge in [-0.2, -0.15) is 8.42 Å². The quantitative estimate of drug-likeness (QED) is 0.782. The van der Waals surface area contributed by atoms with Crippen LogP contribution in [0.2, 0.25) is 0 Å². The predicted molar refractivity (Wildman–Crippen MR) is 90.7 cm³/mol. The number of rotatable bonds is 6. The molecule has 0 aromatic heterocycles. The molecule has 0 saturated carbocycles. The van der Waals surface area contributed by atoms with Gasteiger partial charge in [0.25, 0.3) is 10.1 Å². The first-order chi connectivity index (χ1) is 11.2. The van der Waals surface area contributed by atoms with E-state index >= 15 is 0 Å². The zero-order valence-corrected chi connectivity index (χ0v) is 14.2. The fourth-order valence-electron chi connectivity index (χ4n) is 2.21.